The van der Waals surface area contributed by atoms with Gasteiger partial charge in [0.25, 0.3) is 0 Å². The third-order valence-electron chi connectivity index (χ3n) is 4.53. The van der Waals surface area contributed by atoms with Gasteiger partial charge in [-0.2, -0.15) is 0 Å². The van der Waals surface area contributed by atoms with E-state index in [0.29, 0.717) is 11.6 Å². The molecule has 1 spiro atoms. The molecule has 0 aromatic carbocycles. The smallest absolute Gasteiger partial charge is 0.242 e. The van der Waals surface area contributed by atoms with Crippen LogP contribution in [0.25, 0.3) is 0 Å². The van der Waals surface area contributed by atoms with E-state index in [0.717, 1.165) is 31.4 Å². The lowest BCUT2D eigenvalue weighted by molar-refractivity contribution is -0.125. The fourth-order valence-electron chi connectivity index (χ4n) is 3.16. The molecule has 1 atom stereocenters. The van der Waals surface area contributed by atoms with Crippen LogP contribution in [0.2, 0.25) is 0 Å². The van der Waals surface area contributed by atoms with Crippen LogP contribution in [0.1, 0.15) is 50.8 Å². The van der Waals surface area contributed by atoms with Crippen LogP contribution in [-0.4, -0.2) is 23.8 Å². The second kappa shape index (κ2) is 4.93. The number of carbonyl (C=O) groups is 2. The minimum absolute atomic E-state index is 0.0296. The van der Waals surface area contributed by atoms with E-state index in [4.69, 9.17) is 0 Å². The summed E-state index contributed by atoms with van der Waals surface area (Å²) in [5, 5.41) is 5.55. The van der Waals surface area contributed by atoms with E-state index in [1.165, 1.54) is 16.2 Å². The lowest BCUT2D eigenvalue weighted by Gasteiger charge is -2.19. The average Bonchev–Trinajstić information content (AvgIpc) is 3.12. The van der Waals surface area contributed by atoms with Crippen molar-refractivity contribution in [3.05, 3.63) is 11.1 Å². The molecule has 108 valence electrons. The molecule has 1 aromatic rings. The van der Waals surface area contributed by atoms with Crippen molar-refractivity contribution in [2.75, 3.05) is 11.9 Å². The summed E-state index contributed by atoms with van der Waals surface area (Å²) in [6, 6.07) is 0.119. The second-order valence-electron chi connectivity index (χ2n) is 5.76. The van der Waals surface area contributed by atoms with Crippen molar-refractivity contribution in [2.45, 2.75) is 45.1 Å². The maximum absolute atomic E-state index is 12.6. The van der Waals surface area contributed by atoms with E-state index >= 15 is 0 Å². The number of hydrogen-bond acceptors (Lipinski definition) is 5. The van der Waals surface area contributed by atoms with Crippen molar-refractivity contribution < 1.29 is 9.59 Å². The van der Waals surface area contributed by atoms with Gasteiger partial charge in [0.2, 0.25) is 11.8 Å². The number of hydrogen-bond donors (Lipinski definition) is 1. The molecule has 6 heteroatoms. The van der Waals surface area contributed by atoms with Gasteiger partial charge in [-0.25, -0.2) is 9.88 Å². The zero-order valence-electron chi connectivity index (χ0n) is 11.8. The molecule has 1 aliphatic carbocycles. The van der Waals surface area contributed by atoms with Crippen molar-refractivity contribution >= 4 is 28.3 Å². The number of nitrogens with one attached hydrogen (secondary N) is 1. The Morgan fingerprint density at radius 1 is 1.40 bits per heavy atom. The maximum Gasteiger partial charge on any atom is 0.242 e. The standard InChI is InChI=1S/C14H19N3O2S/c1-9(15-2)10-8-20-13(16-10)17-11(18)7-14(12(17)19)5-3-4-6-14/h8-9,15H,3-7H2,1-2H3. The summed E-state index contributed by atoms with van der Waals surface area (Å²) in [7, 11) is 1.86. The Balaban J connectivity index is 1.88. The molecule has 3 rings (SSSR count). The van der Waals surface area contributed by atoms with Crippen LogP contribution in [0.15, 0.2) is 5.38 Å². The fourth-order valence-corrected chi connectivity index (χ4v) is 4.09. The van der Waals surface area contributed by atoms with Gasteiger partial charge in [-0.05, 0) is 26.8 Å². The molecule has 1 saturated carbocycles. The molecular formula is C14H19N3O2S. The minimum Gasteiger partial charge on any atom is -0.312 e. The molecule has 2 aliphatic rings. The van der Waals surface area contributed by atoms with Crippen molar-refractivity contribution in [3.63, 3.8) is 0 Å². The molecule has 0 radical (unpaired) electrons. The van der Waals surface area contributed by atoms with Gasteiger partial charge in [0.15, 0.2) is 5.13 Å². The lowest BCUT2D eigenvalue weighted by atomic mass is 9.85. The lowest BCUT2D eigenvalue weighted by Crippen LogP contribution is -2.34. The highest BCUT2D eigenvalue weighted by atomic mass is 32.1. The van der Waals surface area contributed by atoms with Gasteiger partial charge in [-0.1, -0.05) is 12.8 Å². The predicted molar refractivity (Wildman–Crippen MR) is 77.6 cm³/mol. The van der Waals surface area contributed by atoms with Crippen molar-refractivity contribution in [2.24, 2.45) is 5.41 Å². The van der Waals surface area contributed by atoms with Gasteiger partial charge in [0.1, 0.15) is 0 Å². The van der Waals surface area contributed by atoms with Crippen molar-refractivity contribution in [3.8, 4) is 0 Å². The molecule has 1 N–H and O–H groups in total. The molecule has 2 fully saturated rings. The Morgan fingerprint density at radius 2 is 2.10 bits per heavy atom. The number of aromatic nitrogens is 1. The van der Waals surface area contributed by atoms with E-state index in [-0.39, 0.29) is 17.9 Å². The van der Waals surface area contributed by atoms with Crippen LogP contribution in [0.5, 0.6) is 0 Å². The SMILES string of the molecule is CNC(C)c1csc(N2C(=O)CC3(CCCC3)C2=O)n1. The molecule has 1 saturated heterocycles. The van der Waals surface area contributed by atoms with Crippen molar-refractivity contribution in [1.29, 1.82) is 0 Å². The van der Waals surface area contributed by atoms with E-state index in [9.17, 15) is 9.59 Å². The fraction of sp³-hybridized carbons (Fsp3) is 0.643. The number of anilines is 1. The van der Waals surface area contributed by atoms with Gasteiger partial charge >= 0.3 is 0 Å². The Morgan fingerprint density at radius 3 is 2.75 bits per heavy atom. The molecular weight excluding hydrogens is 274 g/mol. The van der Waals surface area contributed by atoms with Crippen LogP contribution < -0.4 is 10.2 Å². The maximum atomic E-state index is 12.6. The Bertz CT molecular complexity index is 548. The van der Waals surface area contributed by atoms with Gasteiger partial charge in [0, 0.05) is 17.8 Å². The normalized spacial score (nSPS) is 23.0. The van der Waals surface area contributed by atoms with Crippen LogP contribution in [0.4, 0.5) is 5.13 Å². The molecule has 2 heterocycles. The molecule has 0 bridgehead atoms. The Kier molecular flexibility index (Phi) is 3.38. The summed E-state index contributed by atoms with van der Waals surface area (Å²) in [5.74, 6) is -0.118. The second-order valence-corrected chi connectivity index (χ2v) is 6.60. The monoisotopic (exact) mass is 293 g/mol. The first-order chi connectivity index (χ1) is 9.57. The molecule has 1 aliphatic heterocycles. The summed E-state index contributed by atoms with van der Waals surface area (Å²) >= 11 is 1.37. The first kappa shape index (κ1) is 13.7. The molecule has 20 heavy (non-hydrogen) atoms. The van der Waals surface area contributed by atoms with Crippen LogP contribution in [0, 0.1) is 5.41 Å². The molecule has 1 unspecified atom stereocenters. The number of nitrogens with zero attached hydrogens (tertiary/aromatic N) is 2. The third-order valence-corrected chi connectivity index (χ3v) is 5.38. The number of amides is 2. The first-order valence-electron chi connectivity index (χ1n) is 7.07. The summed E-state index contributed by atoms with van der Waals surface area (Å²) in [6.45, 7) is 2.00. The van der Waals surface area contributed by atoms with Gasteiger partial charge in [-0.15, -0.1) is 11.3 Å². The highest BCUT2D eigenvalue weighted by Crippen LogP contribution is 2.48. The van der Waals surface area contributed by atoms with Gasteiger partial charge in [0.05, 0.1) is 11.1 Å². The third kappa shape index (κ3) is 1.98. The topological polar surface area (TPSA) is 62.3 Å². The van der Waals surface area contributed by atoms with Gasteiger partial charge < -0.3 is 5.32 Å². The Labute approximate surface area is 122 Å². The average molecular weight is 293 g/mol. The van der Waals surface area contributed by atoms with E-state index in [1.54, 1.807) is 0 Å². The van der Waals surface area contributed by atoms with E-state index < -0.39 is 5.41 Å². The largest absolute Gasteiger partial charge is 0.312 e. The highest BCUT2D eigenvalue weighted by Gasteiger charge is 2.53. The number of thiazole rings is 1. The number of rotatable bonds is 3. The molecule has 5 nitrogen and oxygen atoms in total. The van der Waals surface area contributed by atoms with Crippen LogP contribution in [0.3, 0.4) is 0 Å². The number of carbonyl (C=O) groups excluding carboxylic acids is 2. The van der Waals surface area contributed by atoms with Gasteiger partial charge in [-0.3, -0.25) is 9.59 Å². The Hall–Kier alpha value is -1.27. The van der Waals surface area contributed by atoms with Crippen LogP contribution >= 0.6 is 11.3 Å². The molecule has 1 aromatic heterocycles. The predicted octanol–water partition coefficient (Wildman–Crippen LogP) is 2.25. The summed E-state index contributed by atoms with van der Waals surface area (Å²) in [5.41, 5.74) is 0.456. The van der Waals surface area contributed by atoms with Crippen molar-refractivity contribution in [1.82, 2.24) is 10.3 Å². The first-order valence-corrected chi connectivity index (χ1v) is 7.95. The van der Waals surface area contributed by atoms with E-state index in [1.807, 2.05) is 19.4 Å². The summed E-state index contributed by atoms with van der Waals surface area (Å²) in [4.78, 5) is 30.7. The van der Waals surface area contributed by atoms with Crippen LogP contribution in [-0.2, 0) is 9.59 Å². The zero-order valence-corrected chi connectivity index (χ0v) is 12.6. The highest BCUT2D eigenvalue weighted by molar-refractivity contribution is 7.14. The summed E-state index contributed by atoms with van der Waals surface area (Å²) in [6.07, 6.45) is 4.15. The van der Waals surface area contributed by atoms with E-state index in [2.05, 4.69) is 10.3 Å². The number of imide groups is 1. The summed E-state index contributed by atoms with van der Waals surface area (Å²) < 4.78 is 0. The quantitative estimate of drug-likeness (QED) is 0.868. The zero-order chi connectivity index (χ0) is 14.3. The molecule has 2 amide bonds. The minimum atomic E-state index is -0.419.